The van der Waals surface area contributed by atoms with Crippen molar-refractivity contribution in [3.63, 3.8) is 0 Å². The lowest BCUT2D eigenvalue weighted by Crippen LogP contribution is -2.42. The third kappa shape index (κ3) is 7.57. The fourth-order valence-electron chi connectivity index (χ4n) is 4.86. The highest BCUT2D eigenvalue weighted by atomic mass is 32.2. The fourth-order valence-corrected chi connectivity index (χ4v) is 5.95. The number of rotatable bonds is 13. The fraction of sp³-hybridized carbons (Fsp3) is 0.615. The molecule has 1 aliphatic rings. The Morgan fingerprint density at radius 1 is 1.30 bits per heavy atom. The molecular weight excluding hydrogens is 439 g/mol. The molecule has 0 bridgehead atoms. The molecule has 1 aromatic carbocycles. The van der Waals surface area contributed by atoms with Crippen molar-refractivity contribution in [3.05, 3.63) is 35.8 Å². The minimum absolute atomic E-state index is 0.163. The maximum Gasteiger partial charge on any atom is 0.303 e. The zero-order chi connectivity index (χ0) is 23.6. The van der Waals surface area contributed by atoms with Crippen molar-refractivity contribution in [2.45, 2.75) is 51.9 Å². The zero-order valence-electron chi connectivity index (χ0n) is 19.9. The maximum atomic E-state index is 14.6. The van der Waals surface area contributed by atoms with Crippen molar-refractivity contribution in [1.82, 2.24) is 9.88 Å². The Morgan fingerprint density at radius 3 is 2.91 bits per heavy atom. The number of hydrogen-bond acceptors (Lipinski definition) is 5. The first-order valence-electron chi connectivity index (χ1n) is 12.1. The molecule has 1 saturated heterocycles. The molecule has 1 aromatic heterocycles. The minimum atomic E-state index is -0.720. The van der Waals surface area contributed by atoms with Crippen LogP contribution in [-0.4, -0.2) is 59.2 Å². The second kappa shape index (κ2) is 13.1. The number of carbonyl (C=O) groups is 1. The van der Waals surface area contributed by atoms with Gasteiger partial charge in [-0.05, 0) is 80.0 Å². The van der Waals surface area contributed by atoms with Gasteiger partial charge in [0.1, 0.15) is 11.6 Å². The van der Waals surface area contributed by atoms with Crippen LogP contribution in [0.15, 0.2) is 24.4 Å². The quantitative estimate of drug-likeness (QED) is 0.377. The highest BCUT2D eigenvalue weighted by Crippen LogP contribution is 2.32. The monoisotopic (exact) mass is 476 g/mol. The van der Waals surface area contributed by atoms with Gasteiger partial charge in [-0.2, -0.15) is 11.8 Å². The molecule has 3 rings (SSSR count). The lowest BCUT2D eigenvalue weighted by atomic mass is 9.80. The molecule has 7 heteroatoms. The first-order chi connectivity index (χ1) is 16.0. The number of aromatic nitrogens is 1. The number of unbranched alkanes of at least 4 members (excludes halogenated alkanes) is 1. The number of methoxy groups -OCH3 is 1. The first kappa shape index (κ1) is 25.8. The number of thioether (sulfide) groups is 1. The number of carboxylic acids is 1. The lowest BCUT2D eigenvalue weighted by Gasteiger charge is -2.38. The number of hydrogen-bond donors (Lipinski definition) is 1. The Balaban J connectivity index is 1.57. The van der Waals surface area contributed by atoms with Crippen LogP contribution in [-0.2, 0) is 11.2 Å². The second-order valence-electron chi connectivity index (χ2n) is 9.03. The standard InChI is InChI=1S/C26H37FN2O3S/c1-3-4-13-33-14-12-29-11-10-19(20(18-29)15-26(30)31)6-5-7-22-23-16-21(32-2)8-9-25(23)28-17-24(22)27/h8-9,16-17,19-20H,3-7,10-15,18H2,1-2H3,(H,30,31)/t19-,20-/m1/s1. The number of aliphatic carboxylic acids is 1. The molecular formula is C26H37FN2O3S. The van der Waals surface area contributed by atoms with E-state index >= 15 is 0 Å². The summed E-state index contributed by atoms with van der Waals surface area (Å²) in [5, 5.41) is 10.3. The number of pyridine rings is 1. The summed E-state index contributed by atoms with van der Waals surface area (Å²) in [6, 6.07) is 5.55. The lowest BCUT2D eigenvalue weighted by molar-refractivity contribution is -0.139. The van der Waals surface area contributed by atoms with Gasteiger partial charge in [-0.15, -0.1) is 0 Å². The molecule has 2 atom stereocenters. The molecule has 1 aliphatic heterocycles. The maximum absolute atomic E-state index is 14.6. The van der Waals surface area contributed by atoms with E-state index in [0.717, 1.165) is 55.6 Å². The van der Waals surface area contributed by atoms with Gasteiger partial charge in [0, 0.05) is 30.6 Å². The molecule has 1 fully saturated rings. The van der Waals surface area contributed by atoms with E-state index in [9.17, 15) is 14.3 Å². The average molecular weight is 477 g/mol. The summed E-state index contributed by atoms with van der Waals surface area (Å²) < 4.78 is 19.9. The summed E-state index contributed by atoms with van der Waals surface area (Å²) >= 11 is 2.00. The Hall–Kier alpha value is -1.86. The number of likely N-dealkylation sites (tertiary alicyclic amines) is 1. The molecule has 182 valence electrons. The van der Waals surface area contributed by atoms with Crippen LogP contribution < -0.4 is 4.74 Å². The molecule has 33 heavy (non-hydrogen) atoms. The summed E-state index contributed by atoms with van der Waals surface area (Å²) in [6.07, 6.45) is 7.39. The van der Waals surface area contributed by atoms with Gasteiger partial charge in [0.25, 0.3) is 0 Å². The van der Waals surface area contributed by atoms with Crippen LogP contribution in [0.2, 0.25) is 0 Å². The summed E-state index contributed by atoms with van der Waals surface area (Å²) in [6.45, 7) is 5.13. The Labute approximate surface area is 201 Å². The van der Waals surface area contributed by atoms with Gasteiger partial charge in [0.05, 0.1) is 18.8 Å². The van der Waals surface area contributed by atoms with Crippen LogP contribution in [0.5, 0.6) is 5.75 Å². The van der Waals surface area contributed by atoms with Gasteiger partial charge in [0.2, 0.25) is 0 Å². The summed E-state index contributed by atoms with van der Waals surface area (Å²) in [7, 11) is 1.60. The van der Waals surface area contributed by atoms with E-state index < -0.39 is 5.97 Å². The van der Waals surface area contributed by atoms with Crippen molar-refractivity contribution >= 4 is 28.6 Å². The number of aryl methyl sites for hydroxylation is 1. The Bertz CT molecular complexity index is 910. The minimum Gasteiger partial charge on any atom is -0.497 e. The van der Waals surface area contributed by atoms with E-state index in [-0.39, 0.29) is 18.2 Å². The largest absolute Gasteiger partial charge is 0.497 e. The van der Waals surface area contributed by atoms with Crippen LogP contribution in [0.4, 0.5) is 4.39 Å². The number of benzene rings is 1. The van der Waals surface area contributed by atoms with Crippen molar-refractivity contribution < 1.29 is 19.0 Å². The summed E-state index contributed by atoms with van der Waals surface area (Å²) in [4.78, 5) is 18.1. The van der Waals surface area contributed by atoms with E-state index in [1.165, 1.54) is 24.8 Å². The molecule has 0 unspecified atom stereocenters. The molecule has 0 radical (unpaired) electrons. The third-order valence-corrected chi connectivity index (χ3v) is 7.79. The number of fused-ring (bicyclic) bond motifs is 1. The molecule has 2 heterocycles. The van der Waals surface area contributed by atoms with Crippen molar-refractivity contribution in [1.29, 1.82) is 0 Å². The number of piperidine rings is 1. The van der Waals surface area contributed by atoms with E-state index in [1.54, 1.807) is 7.11 Å². The molecule has 2 aromatic rings. The van der Waals surface area contributed by atoms with Crippen molar-refractivity contribution in [3.8, 4) is 5.75 Å². The molecule has 5 nitrogen and oxygen atoms in total. The van der Waals surface area contributed by atoms with Crippen LogP contribution >= 0.6 is 11.8 Å². The van der Waals surface area contributed by atoms with Gasteiger partial charge in [-0.1, -0.05) is 13.3 Å². The van der Waals surface area contributed by atoms with Gasteiger partial charge in [-0.25, -0.2) is 4.39 Å². The van der Waals surface area contributed by atoms with Gasteiger partial charge < -0.3 is 14.7 Å². The zero-order valence-corrected chi connectivity index (χ0v) is 20.7. The molecule has 1 N–H and O–H groups in total. The predicted molar refractivity (Wildman–Crippen MR) is 134 cm³/mol. The highest BCUT2D eigenvalue weighted by molar-refractivity contribution is 7.99. The van der Waals surface area contributed by atoms with Crippen LogP contribution in [0.3, 0.4) is 0 Å². The van der Waals surface area contributed by atoms with E-state index in [2.05, 4.69) is 16.8 Å². The summed E-state index contributed by atoms with van der Waals surface area (Å²) in [5.74, 6) is 2.54. The van der Waals surface area contributed by atoms with Gasteiger partial charge in [-0.3, -0.25) is 9.78 Å². The smallest absolute Gasteiger partial charge is 0.303 e. The SMILES string of the molecule is CCCCSCCN1CC[C@@H](CCCc2c(F)cnc3ccc(OC)cc23)[C@H](CC(=O)O)C1. The molecule has 0 aliphatic carbocycles. The first-order valence-corrected chi connectivity index (χ1v) is 13.3. The summed E-state index contributed by atoms with van der Waals surface area (Å²) in [5.41, 5.74) is 1.44. The number of nitrogens with zero attached hydrogens (tertiary/aromatic N) is 2. The second-order valence-corrected chi connectivity index (χ2v) is 10.3. The van der Waals surface area contributed by atoms with Crippen molar-refractivity contribution in [2.24, 2.45) is 11.8 Å². The molecule has 0 spiro atoms. The topological polar surface area (TPSA) is 62.7 Å². The predicted octanol–water partition coefficient (Wildman–Crippen LogP) is 5.65. The van der Waals surface area contributed by atoms with E-state index in [1.807, 2.05) is 30.0 Å². The highest BCUT2D eigenvalue weighted by Gasteiger charge is 2.30. The Kier molecular flexibility index (Phi) is 10.3. The Morgan fingerprint density at radius 2 is 2.15 bits per heavy atom. The molecule has 0 amide bonds. The number of carboxylic acid groups (broad SMARTS) is 1. The normalized spacial score (nSPS) is 19.1. The van der Waals surface area contributed by atoms with Crippen LogP contribution in [0, 0.1) is 17.7 Å². The van der Waals surface area contributed by atoms with Gasteiger partial charge in [0.15, 0.2) is 0 Å². The van der Waals surface area contributed by atoms with Crippen LogP contribution in [0.1, 0.15) is 51.0 Å². The van der Waals surface area contributed by atoms with Gasteiger partial charge >= 0.3 is 5.97 Å². The molecule has 0 saturated carbocycles. The van der Waals surface area contributed by atoms with E-state index in [4.69, 9.17) is 4.74 Å². The average Bonchev–Trinajstić information content (AvgIpc) is 2.80. The number of halogens is 1. The third-order valence-electron chi connectivity index (χ3n) is 6.74. The number of ether oxygens (including phenoxy) is 1. The van der Waals surface area contributed by atoms with Crippen LogP contribution in [0.25, 0.3) is 10.9 Å². The van der Waals surface area contributed by atoms with E-state index in [0.29, 0.717) is 23.7 Å². The van der Waals surface area contributed by atoms with Crippen molar-refractivity contribution in [2.75, 3.05) is 38.2 Å².